The molecule has 1 saturated heterocycles. The first-order valence-corrected chi connectivity index (χ1v) is 11.5. The lowest BCUT2D eigenvalue weighted by Crippen LogP contribution is -2.28. The minimum absolute atomic E-state index is 0.115. The zero-order valence-electron chi connectivity index (χ0n) is 19.4. The first-order valence-electron chi connectivity index (χ1n) is 11.5. The highest BCUT2D eigenvalue weighted by atomic mass is 19.1. The number of ether oxygens (including phenoxy) is 3. The third kappa shape index (κ3) is 6.65. The molecule has 0 bridgehead atoms. The van der Waals surface area contributed by atoms with E-state index in [1.165, 1.54) is 6.07 Å². The Bertz CT molecular complexity index is 1100. The van der Waals surface area contributed by atoms with E-state index in [1.807, 2.05) is 43.3 Å². The fourth-order valence-corrected chi connectivity index (χ4v) is 3.85. The molecule has 4 rings (SSSR count). The summed E-state index contributed by atoms with van der Waals surface area (Å²) in [6.07, 6.45) is 4.53. The zero-order chi connectivity index (χ0) is 23.8. The Labute approximate surface area is 198 Å². The van der Waals surface area contributed by atoms with Crippen LogP contribution < -0.4 is 15.0 Å². The second-order valence-electron chi connectivity index (χ2n) is 8.30. The van der Waals surface area contributed by atoms with Crippen LogP contribution in [0.5, 0.6) is 11.5 Å². The van der Waals surface area contributed by atoms with Crippen molar-refractivity contribution in [3.63, 3.8) is 0 Å². The second kappa shape index (κ2) is 11.8. The van der Waals surface area contributed by atoms with E-state index in [2.05, 4.69) is 9.88 Å². The Morgan fingerprint density at radius 2 is 1.91 bits per heavy atom. The highest BCUT2D eigenvalue weighted by Gasteiger charge is 2.22. The van der Waals surface area contributed by atoms with Gasteiger partial charge in [-0.3, -0.25) is 19.2 Å². The molecule has 1 aliphatic heterocycles. The summed E-state index contributed by atoms with van der Waals surface area (Å²) < 4.78 is 30.8. The summed E-state index contributed by atoms with van der Waals surface area (Å²) in [5.41, 5.74) is 2.46. The Balaban J connectivity index is 1.26. The van der Waals surface area contributed by atoms with E-state index >= 15 is 0 Å². The van der Waals surface area contributed by atoms with Gasteiger partial charge < -0.3 is 14.2 Å². The highest BCUT2D eigenvalue weighted by molar-refractivity contribution is 5.38. The molecule has 2 aromatic heterocycles. The van der Waals surface area contributed by atoms with Crippen LogP contribution in [0.4, 0.5) is 4.39 Å². The molecule has 0 saturated carbocycles. The topological polar surface area (TPSA) is 65.8 Å². The van der Waals surface area contributed by atoms with Crippen molar-refractivity contribution in [1.82, 2.24) is 14.5 Å². The van der Waals surface area contributed by atoms with Crippen LogP contribution in [0.2, 0.25) is 0 Å². The van der Waals surface area contributed by atoms with Crippen LogP contribution in [-0.4, -0.2) is 60.1 Å². The van der Waals surface area contributed by atoms with Gasteiger partial charge in [0.15, 0.2) is 0 Å². The number of pyridine rings is 2. The SMILES string of the molecule is Cc1ccc(COc2ccn(-c3ccc(OCCN4CC[C@@H](OCCF)C4)cc3)c(=O)c2)nc1. The van der Waals surface area contributed by atoms with E-state index < -0.39 is 6.67 Å². The number of aromatic nitrogens is 2. The number of halogens is 1. The number of hydrogen-bond acceptors (Lipinski definition) is 6. The van der Waals surface area contributed by atoms with Crippen LogP contribution in [-0.2, 0) is 11.3 Å². The maximum atomic E-state index is 12.6. The summed E-state index contributed by atoms with van der Waals surface area (Å²) in [6, 6.07) is 14.5. The first-order chi connectivity index (χ1) is 16.6. The van der Waals surface area contributed by atoms with Gasteiger partial charge in [0, 0.05) is 43.8 Å². The maximum absolute atomic E-state index is 12.6. The average molecular weight is 468 g/mol. The summed E-state index contributed by atoms with van der Waals surface area (Å²) in [5, 5.41) is 0. The van der Waals surface area contributed by atoms with Gasteiger partial charge in [-0.05, 0) is 55.3 Å². The van der Waals surface area contributed by atoms with E-state index in [1.54, 1.807) is 23.0 Å². The van der Waals surface area contributed by atoms with Gasteiger partial charge in [0.05, 0.1) is 18.4 Å². The van der Waals surface area contributed by atoms with Crippen molar-refractivity contribution >= 4 is 0 Å². The van der Waals surface area contributed by atoms with Crippen molar-refractivity contribution in [3.05, 3.63) is 82.5 Å². The molecule has 1 aliphatic rings. The predicted octanol–water partition coefficient (Wildman–Crippen LogP) is 3.56. The molecule has 34 heavy (non-hydrogen) atoms. The minimum Gasteiger partial charge on any atom is -0.492 e. The highest BCUT2D eigenvalue weighted by Crippen LogP contribution is 2.17. The van der Waals surface area contributed by atoms with Crippen molar-refractivity contribution in [2.75, 3.05) is 39.5 Å². The Kier molecular flexibility index (Phi) is 8.27. The van der Waals surface area contributed by atoms with Crippen LogP contribution in [0.3, 0.4) is 0 Å². The minimum atomic E-state index is -0.439. The van der Waals surface area contributed by atoms with Gasteiger partial charge in [0.1, 0.15) is 31.4 Å². The molecule has 1 aromatic carbocycles. The van der Waals surface area contributed by atoms with Gasteiger partial charge in [-0.25, -0.2) is 4.39 Å². The molecule has 0 unspecified atom stereocenters. The van der Waals surface area contributed by atoms with Crippen LogP contribution in [0, 0.1) is 6.92 Å². The predicted molar refractivity (Wildman–Crippen MR) is 128 cm³/mol. The molecule has 0 spiro atoms. The van der Waals surface area contributed by atoms with Crippen molar-refractivity contribution in [2.24, 2.45) is 0 Å². The van der Waals surface area contributed by atoms with Gasteiger partial charge in [-0.1, -0.05) is 6.07 Å². The van der Waals surface area contributed by atoms with Crippen molar-refractivity contribution in [2.45, 2.75) is 26.1 Å². The normalized spacial score (nSPS) is 16.0. The smallest absolute Gasteiger partial charge is 0.258 e. The first kappa shape index (κ1) is 23.9. The van der Waals surface area contributed by atoms with Crippen LogP contribution >= 0.6 is 0 Å². The number of benzene rings is 1. The molecule has 7 nitrogen and oxygen atoms in total. The number of alkyl halides is 1. The lowest BCUT2D eigenvalue weighted by atomic mass is 10.3. The molecule has 1 atom stereocenters. The zero-order valence-corrected chi connectivity index (χ0v) is 19.4. The quantitative estimate of drug-likeness (QED) is 0.430. The fourth-order valence-electron chi connectivity index (χ4n) is 3.85. The number of hydrogen-bond donors (Lipinski definition) is 0. The van der Waals surface area contributed by atoms with E-state index in [0.717, 1.165) is 48.7 Å². The largest absolute Gasteiger partial charge is 0.492 e. The standard InChI is InChI=1S/C26H30FN3O4/c1-20-2-3-21(28-17-20)19-34-24-9-12-30(26(31)16-24)22-4-6-23(7-5-22)33-15-13-29-11-8-25(18-29)32-14-10-27/h2-7,9,12,16-17,25H,8,10-11,13-15,18-19H2,1H3/t25-/m1/s1. The van der Waals surface area contributed by atoms with E-state index in [-0.39, 0.29) is 18.3 Å². The molecular formula is C26H30FN3O4. The lowest BCUT2D eigenvalue weighted by Gasteiger charge is -2.16. The van der Waals surface area contributed by atoms with Gasteiger partial charge in [0.25, 0.3) is 5.56 Å². The number of aryl methyl sites for hydroxylation is 1. The van der Waals surface area contributed by atoms with E-state index in [9.17, 15) is 9.18 Å². The van der Waals surface area contributed by atoms with Crippen LogP contribution in [0.1, 0.15) is 17.7 Å². The van der Waals surface area contributed by atoms with Crippen molar-refractivity contribution < 1.29 is 18.6 Å². The van der Waals surface area contributed by atoms with Crippen molar-refractivity contribution in [1.29, 1.82) is 0 Å². The molecular weight excluding hydrogens is 437 g/mol. The number of rotatable bonds is 11. The Morgan fingerprint density at radius 1 is 1.06 bits per heavy atom. The molecule has 0 aliphatic carbocycles. The summed E-state index contributed by atoms with van der Waals surface area (Å²) in [6.45, 7) is 5.10. The summed E-state index contributed by atoms with van der Waals surface area (Å²) >= 11 is 0. The summed E-state index contributed by atoms with van der Waals surface area (Å²) in [7, 11) is 0. The van der Waals surface area contributed by atoms with E-state index in [4.69, 9.17) is 14.2 Å². The Hall–Kier alpha value is -3.23. The fraction of sp³-hybridized carbons (Fsp3) is 0.385. The number of nitrogens with zero attached hydrogens (tertiary/aromatic N) is 3. The molecule has 0 radical (unpaired) electrons. The van der Waals surface area contributed by atoms with Crippen LogP contribution in [0.15, 0.2) is 65.7 Å². The third-order valence-corrected chi connectivity index (χ3v) is 5.70. The molecule has 1 fully saturated rings. The molecule has 8 heteroatoms. The van der Waals surface area contributed by atoms with Gasteiger partial charge in [0.2, 0.25) is 0 Å². The molecule has 0 N–H and O–H groups in total. The second-order valence-corrected chi connectivity index (χ2v) is 8.30. The van der Waals surface area contributed by atoms with Gasteiger partial charge in [-0.15, -0.1) is 0 Å². The summed E-state index contributed by atoms with van der Waals surface area (Å²) in [5.74, 6) is 1.25. The molecule has 3 heterocycles. The molecule has 3 aromatic rings. The van der Waals surface area contributed by atoms with Crippen LogP contribution in [0.25, 0.3) is 5.69 Å². The Morgan fingerprint density at radius 3 is 2.65 bits per heavy atom. The van der Waals surface area contributed by atoms with Gasteiger partial charge in [-0.2, -0.15) is 0 Å². The number of likely N-dealkylation sites (tertiary alicyclic amines) is 1. The maximum Gasteiger partial charge on any atom is 0.258 e. The van der Waals surface area contributed by atoms with Crippen molar-refractivity contribution in [3.8, 4) is 17.2 Å². The third-order valence-electron chi connectivity index (χ3n) is 5.70. The van der Waals surface area contributed by atoms with E-state index in [0.29, 0.717) is 19.0 Å². The lowest BCUT2D eigenvalue weighted by molar-refractivity contribution is 0.0492. The monoisotopic (exact) mass is 467 g/mol. The molecule has 0 amide bonds. The average Bonchev–Trinajstić information content (AvgIpc) is 3.31. The van der Waals surface area contributed by atoms with Gasteiger partial charge >= 0.3 is 0 Å². The molecule has 180 valence electrons. The summed E-state index contributed by atoms with van der Waals surface area (Å²) in [4.78, 5) is 19.2.